The highest BCUT2D eigenvalue weighted by molar-refractivity contribution is 7.92. The summed E-state index contributed by atoms with van der Waals surface area (Å²) in [4.78, 5) is 12.3. The van der Waals surface area contributed by atoms with Gasteiger partial charge < -0.3 is 10.6 Å². The Morgan fingerprint density at radius 1 is 1.04 bits per heavy atom. The Labute approximate surface area is 148 Å². The Balaban J connectivity index is 2.17. The molecule has 3 N–H and O–H groups in total. The van der Waals surface area contributed by atoms with E-state index in [9.17, 15) is 26.4 Å². The quantitative estimate of drug-likeness (QED) is 0.710. The number of nitrogens with one attached hydrogen (secondary N) is 3. The van der Waals surface area contributed by atoms with Crippen LogP contribution in [0, 0.1) is 0 Å². The largest absolute Gasteiger partial charge is 0.405 e. The molecule has 2 aromatic rings. The second kappa shape index (κ2) is 7.65. The van der Waals surface area contributed by atoms with Gasteiger partial charge in [0.2, 0.25) is 10.0 Å². The molecule has 1 amide bonds. The maximum absolute atomic E-state index is 12.4. The van der Waals surface area contributed by atoms with E-state index in [1.54, 1.807) is 6.07 Å². The fourth-order valence-corrected chi connectivity index (χ4v) is 2.63. The fourth-order valence-electron chi connectivity index (χ4n) is 2.07. The van der Waals surface area contributed by atoms with Gasteiger partial charge in [-0.2, -0.15) is 13.2 Å². The number of hydrogen-bond donors (Lipinski definition) is 3. The molecule has 26 heavy (non-hydrogen) atoms. The first kappa shape index (κ1) is 19.6. The summed E-state index contributed by atoms with van der Waals surface area (Å²) >= 11 is 0. The standard InChI is InChI=1S/C16H16F3N3O3S/c1-26(24,25)22-12-6-4-5-11(9-12)15(23)21-14-8-3-2-7-13(14)20-10-16(17,18)19/h2-9,20,22H,10H2,1H3,(H,21,23). The van der Waals surface area contributed by atoms with Crippen molar-refractivity contribution in [2.45, 2.75) is 6.18 Å². The lowest BCUT2D eigenvalue weighted by molar-refractivity contribution is -0.115. The molecule has 10 heteroatoms. The van der Waals surface area contributed by atoms with E-state index >= 15 is 0 Å². The van der Waals surface area contributed by atoms with Crippen molar-refractivity contribution in [3.05, 3.63) is 54.1 Å². The van der Waals surface area contributed by atoms with E-state index in [2.05, 4.69) is 15.4 Å². The number of carbonyl (C=O) groups is 1. The van der Waals surface area contributed by atoms with Gasteiger partial charge >= 0.3 is 6.18 Å². The van der Waals surface area contributed by atoms with E-state index < -0.39 is 28.7 Å². The molecule has 0 aliphatic carbocycles. The van der Waals surface area contributed by atoms with Crippen molar-refractivity contribution in [3.63, 3.8) is 0 Å². The molecule has 0 aromatic heterocycles. The van der Waals surface area contributed by atoms with Crippen LogP contribution in [0.3, 0.4) is 0 Å². The molecule has 0 aliphatic rings. The molecule has 0 bridgehead atoms. The molecule has 0 radical (unpaired) electrons. The molecule has 0 aliphatic heterocycles. The second-order valence-corrected chi connectivity index (χ2v) is 7.17. The van der Waals surface area contributed by atoms with Crippen molar-refractivity contribution in [1.29, 1.82) is 0 Å². The van der Waals surface area contributed by atoms with Crippen LogP contribution in [0.4, 0.5) is 30.2 Å². The van der Waals surface area contributed by atoms with E-state index in [0.717, 1.165) is 6.26 Å². The highest BCUT2D eigenvalue weighted by Gasteiger charge is 2.27. The molecular formula is C16H16F3N3O3S. The normalized spacial score (nSPS) is 11.7. The zero-order valence-electron chi connectivity index (χ0n) is 13.6. The van der Waals surface area contributed by atoms with Crippen molar-refractivity contribution < 1.29 is 26.4 Å². The average Bonchev–Trinajstić information content (AvgIpc) is 2.52. The SMILES string of the molecule is CS(=O)(=O)Nc1cccc(C(=O)Nc2ccccc2NCC(F)(F)F)c1. The number of sulfonamides is 1. The van der Waals surface area contributed by atoms with Crippen LogP contribution >= 0.6 is 0 Å². The molecule has 2 aromatic carbocycles. The van der Waals surface area contributed by atoms with Crippen LogP contribution in [0.15, 0.2) is 48.5 Å². The molecular weight excluding hydrogens is 371 g/mol. The molecule has 0 saturated heterocycles. The lowest BCUT2D eigenvalue weighted by Gasteiger charge is -2.14. The molecule has 0 fully saturated rings. The highest BCUT2D eigenvalue weighted by Crippen LogP contribution is 2.24. The molecule has 0 unspecified atom stereocenters. The summed E-state index contributed by atoms with van der Waals surface area (Å²) < 4.78 is 61.9. The van der Waals surface area contributed by atoms with Crippen molar-refractivity contribution in [2.24, 2.45) is 0 Å². The summed E-state index contributed by atoms with van der Waals surface area (Å²) in [5, 5.41) is 4.73. The summed E-state index contributed by atoms with van der Waals surface area (Å²) in [6, 6.07) is 11.7. The number of rotatable bonds is 6. The van der Waals surface area contributed by atoms with Gasteiger partial charge in [0.1, 0.15) is 6.54 Å². The van der Waals surface area contributed by atoms with Gasteiger partial charge in [0.25, 0.3) is 5.91 Å². The fraction of sp³-hybridized carbons (Fsp3) is 0.188. The van der Waals surface area contributed by atoms with Gasteiger partial charge in [-0.3, -0.25) is 9.52 Å². The lowest BCUT2D eigenvalue weighted by atomic mass is 10.2. The van der Waals surface area contributed by atoms with Gasteiger partial charge in [-0.25, -0.2) is 8.42 Å². The van der Waals surface area contributed by atoms with Crippen LogP contribution in [-0.4, -0.2) is 33.3 Å². The van der Waals surface area contributed by atoms with Crippen LogP contribution in [0.2, 0.25) is 0 Å². The number of carbonyl (C=O) groups excluding carboxylic acids is 1. The predicted octanol–water partition coefficient (Wildman–Crippen LogP) is 3.28. The van der Waals surface area contributed by atoms with Crippen LogP contribution in [0.1, 0.15) is 10.4 Å². The van der Waals surface area contributed by atoms with Crippen LogP contribution in [-0.2, 0) is 10.0 Å². The summed E-state index contributed by atoms with van der Waals surface area (Å²) in [7, 11) is -3.50. The van der Waals surface area contributed by atoms with E-state index in [-0.39, 0.29) is 22.6 Å². The minimum atomic E-state index is -4.40. The Morgan fingerprint density at radius 2 is 1.69 bits per heavy atom. The van der Waals surface area contributed by atoms with E-state index in [1.807, 2.05) is 0 Å². The molecule has 2 rings (SSSR count). The number of halogens is 3. The molecule has 0 spiro atoms. The smallest absolute Gasteiger partial charge is 0.375 e. The molecule has 0 heterocycles. The van der Waals surface area contributed by atoms with Crippen LogP contribution in [0.25, 0.3) is 0 Å². The topological polar surface area (TPSA) is 87.3 Å². The third-order valence-electron chi connectivity index (χ3n) is 3.08. The van der Waals surface area contributed by atoms with E-state index in [4.69, 9.17) is 0 Å². The van der Waals surface area contributed by atoms with Gasteiger partial charge in [-0.1, -0.05) is 18.2 Å². The van der Waals surface area contributed by atoms with Crippen molar-refractivity contribution in [2.75, 3.05) is 28.2 Å². The summed E-state index contributed by atoms with van der Waals surface area (Å²) in [5.74, 6) is -0.594. The number of anilines is 3. The number of hydrogen-bond acceptors (Lipinski definition) is 4. The van der Waals surface area contributed by atoms with E-state index in [1.165, 1.54) is 42.5 Å². The van der Waals surface area contributed by atoms with Gasteiger partial charge in [0.15, 0.2) is 0 Å². The Hall–Kier alpha value is -2.75. The Morgan fingerprint density at radius 3 is 2.31 bits per heavy atom. The minimum Gasteiger partial charge on any atom is -0.375 e. The Kier molecular flexibility index (Phi) is 5.76. The van der Waals surface area contributed by atoms with Crippen molar-refractivity contribution >= 4 is 33.0 Å². The summed E-state index contributed by atoms with van der Waals surface area (Å²) in [5.41, 5.74) is 0.625. The first-order chi connectivity index (χ1) is 12.0. The average molecular weight is 387 g/mol. The molecule has 0 saturated carbocycles. The maximum atomic E-state index is 12.4. The number of para-hydroxylation sites is 2. The minimum absolute atomic E-state index is 0.114. The third kappa shape index (κ3) is 6.28. The maximum Gasteiger partial charge on any atom is 0.405 e. The molecule has 0 atom stereocenters. The highest BCUT2D eigenvalue weighted by atomic mass is 32.2. The Bertz CT molecular complexity index is 899. The second-order valence-electron chi connectivity index (χ2n) is 5.42. The summed E-state index contributed by atoms with van der Waals surface area (Å²) in [6.45, 7) is -1.24. The summed E-state index contributed by atoms with van der Waals surface area (Å²) in [6.07, 6.45) is -3.43. The molecule has 6 nitrogen and oxygen atoms in total. The third-order valence-corrected chi connectivity index (χ3v) is 3.69. The predicted molar refractivity (Wildman–Crippen MR) is 93.8 cm³/mol. The molecule has 140 valence electrons. The van der Waals surface area contributed by atoms with Crippen LogP contribution in [0.5, 0.6) is 0 Å². The van der Waals surface area contributed by atoms with Gasteiger partial charge in [-0.05, 0) is 30.3 Å². The van der Waals surface area contributed by atoms with E-state index in [0.29, 0.717) is 0 Å². The first-order valence-electron chi connectivity index (χ1n) is 7.32. The lowest BCUT2D eigenvalue weighted by Crippen LogP contribution is -2.22. The van der Waals surface area contributed by atoms with Crippen LogP contribution < -0.4 is 15.4 Å². The number of benzene rings is 2. The zero-order chi connectivity index (χ0) is 19.4. The van der Waals surface area contributed by atoms with Gasteiger partial charge in [0, 0.05) is 11.3 Å². The van der Waals surface area contributed by atoms with Crippen molar-refractivity contribution in [1.82, 2.24) is 0 Å². The van der Waals surface area contributed by atoms with Gasteiger partial charge in [0.05, 0.1) is 17.6 Å². The van der Waals surface area contributed by atoms with Crippen molar-refractivity contribution in [3.8, 4) is 0 Å². The zero-order valence-corrected chi connectivity index (χ0v) is 14.4. The number of alkyl halides is 3. The first-order valence-corrected chi connectivity index (χ1v) is 9.21. The number of amides is 1. The van der Waals surface area contributed by atoms with Gasteiger partial charge in [-0.15, -0.1) is 0 Å². The monoisotopic (exact) mass is 387 g/mol.